The van der Waals surface area contributed by atoms with E-state index in [0.29, 0.717) is 59.7 Å². The van der Waals surface area contributed by atoms with Crippen LogP contribution in [-0.2, 0) is 4.74 Å². The van der Waals surface area contributed by atoms with Gasteiger partial charge >= 0.3 is 12.1 Å². The van der Waals surface area contributed by atoms with Crippen LogP contribution < -0.4 is 15.6 Å². The molecule has 0 bridgehead atoms. The van der Waals surface area contributed by atoms with Crippen LogP contribution in [0.15, 0.2) is 63.9 Å². The first-order valence-corrected chi connectivity index (χ1v) is 13.4. The molecule has 1 saturated heterocycles. The normalized spacial score (nSPS) is 14.1. The van der Waals surface area contributed by atoms with Crippen LogP contribution in [-0.4, -0.2) is 60.3 Å². The zero-order valence-corrected chi connectivity index (χ0v) is 23.4. The Kier molecular flexibility index (Phi) is 7.65. The summed E-state index contributed by atoms with van der Waals surface area (Å²) >= 11 is 0. The molecule has 0 aliphatic carbocycles. The molecule has 4 aromatic rings. The van der Waals surface area contributed by atoms with Gasteiger partial charge in [0.1, 0.15) is 17.2 Å². The summed E-state index contributed by atoms with van der Waals surface area (Å²) in [5.41, 5.74) is 3.73. The van der Waals surface area contributed by atoms with Crippen molar-refractivity contribution in [3.05, 3.63) is 87.2 Å². The van der Waals surface area contributed by atoms with Crippen LogP contribution >= 0.6 is 0 Å². The van der Waals surface area contributed by atoms with Crippen molar-refractivity contribution in [3.63, 3.8) is 0 Å². The summed E-state index contributed by atoms with van der Waals surface area (Å²) in [5, 5.41) is 13.4. The average molecular weight is 557 g/mol. The smallest absolute Gasteiger partial charge is 0.409 e. The van der Waals surface area contributed by atoms with Gasteiger partial charge in [-0.1, -0.05) is 18.2 Å². The number of carboxylic acids is 1. The van der Waals surface area contributed by atoms with Crippen LogP contribution in [0.5, 0.6) is 0 Å². The monoisotopic (exact) mass is 556 g/mol. The molecule has 0 spiro atoms. The van der Waals surface area contributed by atoms with Gasteiger partial charge in [0, 0.05) is 54.8 Å². The molecule has 2 N–H and O–H groups in total. The number of hydrogen-bond acceptors (Lipinski definition) is 8. The Balaban J connectivity index is 1.48. The van der Waals surface area contributed by atoms with E-state index in [1.165, 1.54) is 7.11 Å². The second-order valence-corrected chi connectivity index (χ2v) is 10.2. The van der Waals surface area contributed by atoms with Gasteiger partial charge < -0.3 is 29.4 Å². The Hall–Kier alpha value is -4.86. The molecule has 1 amide bonds. The summed E-state index contributed by atoms with van der Waals surface area (Å²) in [6.07, 6.45) is 1.36. The van der Waals surface area contributed by atoms with E-state index in [0.717, 1.165) is 16.9 Å². The average Bonchev–Trinajstić information content (AvgIpc) is 2.98. The number of nitrogens with one attached hydrogen (secondary N) is 1. The van der Waals surface area contributed by atoms with E-state index in [-0.39, 0.29) is 23.1 Å². The number of amides is 1. The number of carboxylic acid groups (broad SMARTS) is 1. The summed E-state index contributed by atoms with van der Waals surface area (Å²) < 4.78 is 11.3. The number of anilines is 2. The minimum absolute atomic E-state index is 0.132. The van der Waals surface area contributed by atoms with Crippen LogP contribution in [0.25, 0.3) is 22.3 Å². The molecule has 1 fully saturated rings. The predicted molar refractivity (Wildman–Crippen MR) is 157 cm³/mol. The number of piperazine rings is 1. The van der Waals surface area contributed by atoms with E-state index in [9.17, 15) is 19.5 Å². The highest BCUT2D eigenvalue weighted by Gasteiger charge is 2.23. The number of pyridine rings is 1. The maximum absolute atomic E-state index is 13.5. The Morgan fingerprint density at radius 3 is 2.46 bits per heavy atom. The van der Waals surface area contributed by atoms with E-state index in [1.54, 1.807) is 42.3 Å². The van der Waals surface area contributed by atoms with Gasteiger partial charge in [-0.25, -0.2) is 14.6 Å². The van der Waals surface area contributed by atoms with Crippen molar-refractivity contribution in [2.24, 2.45) is 0 Å². The third-order valence-corrected chi connectivity index (χ3v) is 7.43. The Bertz CT molecular complexity index is 1670. The summed E-state index contributed by atoms with van der Waals surface area (Å²) in [4.78, 5) is 45.5. The second kappa shape index (κ2) is 11.3. The molecule has 1 aliphatic rings. The Morgan fingerprint density at radius 2 is 1.80 bits per heavy atom. The fraction of sp³-hybridized carbons (Fsp3) is 0.290. The van der Waals surface area contributed by atoms with Crippen molar-refractivity contribution in [1.82, 2.24) is 9.88 Å². The summed E-state index contributed by atoms with van der Waals surface area (Å²) in [7, 11) is 1.38. The third-order valence-electron chi connectivity index (χ3n) is 7.43. The number of carbonyl (C=O) groups excluding carboxylic acids is 1. The molecule has 3 heterocycles. The molecule has 0 saturated carbocycles. The Morgan fingerprint density at radius 1 is 1.07 bits per heavy atom. The maximum Gasteiger partial charge on any atom is 0.409 e. The molecule has 41 heavy (non-hydrogen) atoms. The summed E-state index contributed by atoms with van der Waals surface area (Å²) in [5.74, 6) is 0.172. The van der Waals surface area contributed by atoms with Crippen molar-refractivity contribution in [3.8, 4) is 11.3 Å². The molecule has 212 valence electrons. The number of fused-ring (bicyclic) bond motifs is 1. The number of aryl methyl sites for hydroxylation is 1. The van der Waals surface area contributed by atoms with Crippen molar-refractivity contribution in [1.29, 1.82) is 0 Å². The first kappa shape index (κ1) is 27.7. The van der Waals surface area contributed by atoms with Gasteiger partial charge in [-0.05, 0) is 56.7 Å². The first-order chi connectivity index (χ1) is 19.7. The lowest BCUT2D eigenvalue weighted by Crippen LogP contribution is -2.49. The highest BCUT2D eigenvalue weighted by molar-refractivity contribution is 5.94. The zero-order valence-electron chi connectivity index (χ0n) is 23.4. The molecular formula is C31H32N4O6. The number of ether oxygens (including phenoxy) is 1. The molecule has 0 unspecified atom stereocenters. The molecule has 5 rings (SSSR count). The first-order valence-electron chi connectivity index (χ1n) is 13.4. The molecule has 2 aromatic carbocycles. The standard InChI is InChI=1S/C31H32N4O6/c1-18-15-23(20(3)33-25-8-6-5-7-22(25)30(37)38)29-24(16-18)27(36)19(2)28(41-29)21-9-10-26(32-17-21)34-11-13-35(14-12-34)31(39)40-4/h5-10,15-17,20,33H,11-14H2,1-4H3,(H,37,38)/t20-/m1/s1. The lowest BCUT2D eigenvalue weighted by atomic mass is 9.98. The highest BCUT2D eigenvalue weighted by Crippen LogP contribution is 2.33. The zero-order chi connectivity index (χ0) is 29.3. The molecular weight excluding hydrogens is 524 g/mol. The van der Waals surface area contributed by atoms with E-state index in [1.807, 2.05) is 38.1 Å². The van der Waals surface area contributed by atoms with Crippen molar-refractivity contribution in [2.75, 3.05) is 43.5 Å². The van der Waals surface area contributed by atoms with Crippen LogP contribution in [0.1, 0.15) is 40.0 Å². The van der Waals surface area contributed by atoms with Gasteiger partial charge in [-0.15, -0.1) is 0 Å². The number of carbonyl (C=O) groups is 2. The number of hydrogen-bond donors (Lipinski definition) is 2. The van der Waals surface area contributed by atoms with E-state index < -0.39 is 5.97 Å². The number of benzene rings is 2. The van der Waals surface area contributed by atoms with Crippen molar-refractivity contribution < 1.29 is 23.8 Å². The number of aromatic carboxylic acids is 1. The van der Waals surface area contributed by atoms with Gasteiger partial charge in [0.15, 0.2) is 5.43 Å². The quantitative estimate of drug-likeness (QED) is 0.328. The fourth-order valence-corrected chi connectivity index (χ4v) is 5.23. The minimum Gasteiger partial charge on any atom is -0.478 e. The van der Waals surface area contributed by atoms with Gasteiger partial charge in [-0.2, -0.15) is 0 Å². The van der Waals surface area contributed by atoms with Gasteiger partial charge in [0.25, 0.3) is 0 Å². The van der Waals surface area contributed by atoms with Crippen LogP contribution in [0.4, 0.5) is 16.3 Å². The van der Waals surface area contributed by atoms with E-state index in [2.05, 4.69) is 15.2 Å². The molecule has 1 aliphatic heterocycles. The van der Waals surface area contributed by atoms with Crippen LogP contribution in [0.2, 0.25) is 0 Å². The fourth-order valence-electron chi connectivity index (χ4n) is 5.23. The largest absolute Gasteiger partial charge is 0.478 e. The topological polar surface area (TPSA) is 125 Å². The second-order valence-electron chi connectivity index (χ2n) is 10.2. The molecule has 10 heteroatoms. The minimum atomic E-state index is -1.03. The number of aromatic nitrogens is 1. The summed E-state index contributed by atoms with van der Waals surface area (Å²) in [6, 6.07) is 13.9. The van der Waals surface area contributed by atoms with Crippen LogP contribution in [0.3, 0.4) is 0 Å². The molecule has 1 atom stereocenters. The molecule has 0 radical (unpaired) electrons. The summed E-state index contributed by atoms with van der Waals surface area (Å²) in [6.45, 7) is 7.90. The predicted octanol–water partition coefficient (Wildman–Crippen LogP) is 5.23. The van der Waals surface area contributed by atoms with Gasteiger partial charge in [-0.3, -0.25) is 4.79 Å². The highest BCUT2D eigenvalue weighted by atomic mass is 16.5. The molecule has 2 aromatic heterocycles. The lowest BCUT2D eigenvalue weighted by molar-refractivity contribution is 0.0697. The van der Waals surface area contributed by atoms with Crippen molar-refractivity contribution >= 4 is 34.5 Å². The van der Waals surface area contributed by atoms with E-state index in [4.69, 9.17) is 9.15 Å². The third kappa shape index (κ3) is 5.45. The lowest BCUT2D eigenvalue weighted by Gasteiger charge is -2.34. The number of para-hydroxylation sites is 1. The molecule has 10 nitrogen and oxygen atoms in total. The Labute approximate surface area is 237 Å². The number of nitrogens with zero attached hydrogens (tertiary/aromatic N) is 3. The number of methoxy groups -OCH3 is 1. The van der Waals surface area contributed by atoms with Crippen molar-refractivity contribution in [2.45, 2.75) is 26.8 Å². The van der Waals surface area contributed by atoms with Crippen LogP contribution in [0, 0.1) is 13.8 Å². The van der Waals surface area contributed by atoms with Gasteiger partial charge in [0.2, 0.25) is 0 Å². The van der Waals surface area contributed by atoms with E-state index >= 15 is 0 Å². The maximum atomic E-state index is 13.5. The van der Waals surface area contributed by atoms with Gasteiger partial charge in [0.05, 0.1) is 24.1 Å². The SMILES string of the molecule is COC(=O)N1CCN(c2ccc(-c3oc4c([C@@H](C)Nc5ccccc5C(=O)O)cc(C)cc4c(=O)c3C)cn2)CC1. The number of rotatable bonds is 6.